The molecule has 0 saturated heterocycles. The number of hydrogen-bond acceptors (Lipinski definition) is 3. The fraction of sp³-hybridized carbons (Fsp3) is 0.933. The zero-order chi connectivity index (χ0) is 15.1. The molecule has 0 radical (unpaired) electrons. The summed E-state index contributed by atoms with van der Waals surface area (Å²) in [4.78, 5) is 6.86. The monoisotopic (exact) mass is 287 g/mol. The van der Waals surface area contributed by atoms with Crippen LogP contribution in [0.15, 0.2) is 4.99 Å². The molecule has 5 heteroatoms. The van der Waals surface area contributed by atoms with Crippen LogP contribution in [0.4, 0.5) is 0 Å². The fourth-order valence-corrected chi connectivity index (χ4v) is 1.72. The molecule has 0 unspecified atom stereocenters. The molecule has 5 nitrogen and oxygen atoms in total. The number of aliphatic imine (C=N–C) groups is 1. The topological polar surface area (TPSA) is 46.1 Å². The van der Waals surface area contributed by atoms with Gasteiger partial charge in [-0.1, -0.05) is 13.3 Å². The first kappa shape index (κ1) is 19.2. The van der Waals surface area contributed by atoms with E-state index in [1.165, 1.54) is 12.8 Å². The van der Waals surface area contributed by atoms with Crippen LogP contribution in [0.2, 0.25) is 0 Å². The van der Waals surface area contributed by atoms with Gasteiger partial charge in [-0.25, -0.2) is 0 Å². The van der Waals surface area contributed by atoms with Gasteiger partial charge >= 0.3 is 0 Å². The van der Waals surface area contributed by atoms with Gasteiger partial charge < -0.3 is 19.7 Å². The zero-order valence-corrected chi connectivity index (χ0v) is 13.8. The number of nitrogens with one attached hydrogen (secondary N) is 1. The summed E-state index contributed by atoms with van der Waals surface area (Å²) in [5.41, 5.74) is 0. The highest BCUT2D eigenvalue weighted by atomic mass is 16.5. The molecule has 0 amide bonds. The van der Waals surface area contributed by atoms with E-state index >= 15 is 0 Å². The van der Waals surface area contributed by atoms with E-state index < -0.39 is 0 Å². The molecular formula is C15H33N3O2. The molecule has 0 aromatic carbocycles. The summed E-state index contributed by atoms with van der Waals surface area (Å²) in [6.07, 6.45) is 4.52. The van der Waals surface area contributed by atoms with Crippen molar-refractivity contribution in [3.8, 4) is 0 Å². The van der Waals surface area contributed by atoms with Crippen molar-refractivity contribution >= 4 is 5.96 Å². The van der Waals surface area contributed by atoms with Crippen molar-refractivity contribution < 1.29 is 9.47 Å². The Kier molecular flexibility index (Phi) is 14.0. The lowest BCUT2D eigenvalue weighted by atomic mass is 10.3. The normalized spacial score (nSPS) is 11.7. The van der Waals surface area contributed by atoms with Crippen molar-refractivity contribution in [2.24, 2.45) is 4.99 Å². The average molecular weight is 287 g/mol. The number of ether oxygens (including phenoxy) is 2. The lowest BCUT2D eigenvalue weighted by Gasteiger charge is -2.21. The van der Waals surface area contributed by atoms with Crippen LogP contribution < -0.4 is 5.32 Å². The highest BCUT2D eigenvalue weighted by Gasteiger charge is 2.03. The maximum Gasteiger partial charge on any atom is 0.193 e. The second kappa shape index (κ2) is 14.6. The van der Waals surface area contributed by atoms with Gasteiger partial charge in [0.1, 0.15) is 0 Å². The maximum absolute atomic E-state index is 5.43. The Hall–Kier alpha value is -0.810. The Morgan fingerprint density at radius 2 is 1.90 bits per heavy atom. The van der Waals surface area contributed by atoms with Crippen LogP contribution in [-0.4, -0.2) is 64.5 Å². The summed E-state index contributed by atoms with van der Waals surface area (Å²) >= 11 is 0. The van der Waals surface area contributed by atoms with Crippen molar-refractivity contribution in [1.82, 2.24) is 10.2 Å². The van der Waals surface area contributed by atoms with E-state index in [0.717, 1.165) is 45.0 Å². The van der Waals surface area contributed by atoms with Gasteiger partial charge in [-0.3, -0.25) is 4.99 Å². The van der Waals surface area contributed by atoms with Gasteiger partial charge in [0, 0.05) is 40.4 Å². The Morgan fingerprint density at radius 1 is 1.10 bits per heavy atom. The van der Waals surface area contributed by atoms with Gasteiger partial charge in [0.05, 0.1) is 13.2 Å². The van der Waals surface area contributed by atoms with Gasteiger partial charge in [0.2, 0.25) is 0 Å². The van der Waals surface area contributed by atoms with Crippen LogP contribution in [0.25, 0.3) is 0 Å². The molecule has 0 saturated carbocycles. The van der Waals surface area contributed by atoms with Crippen molar-refractivity contribution in [1.29, 1.82) is 0 Å². The molecule has 120 valence electrons. The second-order valence-electron chi connectivity index (χ2n) is 4.82. The molecule has 0 spiro atoms. The second-order valence-corrected chi connectivity index (χ2v) is 4.82. The molecule has 0 aliphatic heterocycles. The number of hydrogen-bond donors (Lipinski definition) is 1. The van der Waals surface area contributed by atoms with Crippen molar-refractivity contribution in [2.45, 2.75) is 39.5 Å². The third-order valence-corrected chi connectivity index (χ3v) is 2.93. The minimum Gasteiger partial charge on any atom is -0.382 e. The van der Waals surface area contributed by atoms with Gasteiger partial charge in [-0.2, -0.15) is 0 Å². The minimum atomic E-state index is 0.672. The van der Waals surface area contributed by atoms with Gasteiger partial charge in [-0.15, -0.1) is 0 Å². The smallest absolute Gasteiger partial charge is 0.193 e. The van der Waals surface area contributed by atoms with Crippen LogP contribution in [0.5, 0.6) is 0 Å². The Balaban J connectivity index is 3.78. The number of guanidine groups is 1. The average Bonchev–Trinajstić information content (AvgIpc) is 2.46. The Labute approximate surface area is 124 Å². The molecule has 0 aliphatic carbocycles. The SMILES string of the molecule is CCCCN(C)C(=NCCCCOCCOC)NCC. The first-order valence-corrected chi connectivity index (χ1v) is 7.82. The van der Waals surface area contributed by atoms with Crippen LogP contribution in [0.3, 0.4) is 0 Å². The lowest BCUT2D eigenvalue weighted by molar-refractivity contribution is 0.0690. The van der Waals surface area contributed by atoms with E-state index in [2.05, 4.69) is 36.1 Å². The molecule has 0 bridgehead atoms. The van der Waals surface area contributed by atoms with E-state index in [4.69, 9.17) is 9.47 Å². The molecular weight excluding hydrogens is 254 g/mol. The predicted octanol–water partition coefficient (Wildman–Crippen LogP) is 2.13. The Bertz CT molecular complexity index is 235. The van der Waals surface area contributed by atoms with E-state index in [0.29, 0.717) is 13.2 Å². The molecule has 0 atom stereocenters. The van der Waals surface area contributed by atoms with E-state index in [1.807, 2.05) is 0 Å². The summed E-state index contributed by atoms with van der Waals surface area (Å²) in [7, 11) is 3.79. The van der Waals surface area contributed by atoms with Crippen LogP contribution in [0.1, 0.15) is 39.5 Å². The van der Waals surface area contributed by atoms with Crippen molar-refractivity contribution in [3.63, 3.8) is 0 Å². The molecule has 0 aromatic heterocycles. The highest BCUT2D eigenvalue weighted by Crippen LogP contribution is 1.96. The highest BCUT2D eigenvalue weighted by molar-refractivity contribution is 5.79. The summed E-state index contributed by atoms with van der Waals surface area (Å²) in [6.45, 7) is 9.28. The maximum atomic E-state index is 5.43. The molecule has 0 rings (SSSR count). The van der Waals surface area contributed by atoms with Crippen molar-refractivity contribution in [2.75, 3.05) is 53.6 Å². The molecule has 0 heterocycles. The molecule has 0 aliphatic rings. The van der Waals surface area contributed by atoms with Gasteiger partial charge in [0.15, 0.2) is 5.96 Å². The zero-order valence-electron chi connectivity index (χ0n) is 13.8. The third kappa shape index (κ3) is 11.1. The summed E-state index contributed by atoms with van der Waals surface area (Å²) in [5.74, 6) is 1.02. The van der Waals surface area contributed by atoms with Gasteiger partial charge in [-0.05, 0) is 26.2 Å². The predicted molar refractivity (Wildman–Crippen MR) is 85.4 cm³/mol. The molecule has 0 fully saturated rings. The quantitative estimate of drug-likeness (QED) is 0.339. The first-order valence-electron chi connectivity index (χ1n) is 7.82. The summed E-state index contributed by atoms with van der Waals surface area (Å²) < 4.78 is 10.4. The number of nitrogens with zero attached hydrogens (tertiary/aromatic N) is 2. The van der Waals surface area contributed by atoms with E-state index in [-0.39, 0.29) is 0 Å². The third-order valence-electron chi connectivity index (χ3n) is 2.93. The standard InChI is InChI=1S/C15H33N3O2/c1-5-7-11-18(3)15(16-6-2)17-10-8-9-12-20-14-13-19-4/h5-14H2,1-4H3,(H,16,17). The summed E-state index contributed by atoms with van der Waals surface area (Å²) in [6, 6.07) is 0. The minimum absolute atomic E-state index is 0.672. The van der Waals surface area contributed by atoms with Crippen LogP contribution in [0, 0.1) is 0 Å². The Morgan fingerprint density at radius 3 is 2.55 bits per heavy atom. The lowest BCUT2D eigenvalue weighted by Crippen LogP contribution is -2.39. The number of methoxy groups -OCH3 is 1. The first-order chi connectivity index (χ1) is 9.76. The van der Waals surface area contributed by atoms with Crippen LogP contribution in [-0.2, 0) is 9.47 Å². The number of rotatable bonds is 12. The fourth-order valence-electron chi connectivity index (χ4n) is 1.72. The molecule has 0 aromatic rings. The van der Waals surface area contributed by atoms with Gasteiger partial charge in [0.25, 0.3) is 0 Å². The van der Waals surface area contributed by atoms with E-state index in [9.17, 15) is 0 Å². The van der Waals surface area contributed by atoms with E-state index in [1.54, 1.807) is 7.11 Å². The number of unbranched alkanes of at least 4 members (excludes halogenated alkanes) is 2. The molecule has 1 N–H and O–H groups in total. The molecule has 20 heavy (non-hydrogen) atoms. The largest absolute Gasteiger partial charge is 0.382 e. The summed E-state index contributed by atoms with van der Waals surface area (Å²) in [5, 5.41) is 3.34. The van der Waals surface area contributed by atoms with Crippen molar-refractivity contribution in [3.05, 3.63) is 0 Å². The van der Waals surface area contributed by atoms with Crippen LogP contribution >= 0.6 is 0 Å².